The van der Waals surface area contributed by atoms with E-state index in [1.807, 2.05) is 0 Å². The van der Waals surface area contributed by atoms with Crippen molar-refractivity contribution in [2.24, 2.45) is 11.8 Å². The van der Waals surface area contributed by atoms with Gasteiger partial charge in [-0.3, -0.25) is 4.79 Å². The van der Waals surface area contributed by atoms with Crippen molar-refractivity contribution in [2.75, 3.05) is 5.32 Å². The standard InChI is InChI=1S/C18H15ClF3N3O2/c19-13-6-9(2-4-12(13)18(20,21)22)24-16(26)15-8-1-3-10(15)11-7-23-17(27)25-14(11)5-8/h2,4,6-8,10,15H,1,3,5H2,(H,24,26)(H,23,25,27). The third kappa shape index (κ3) is 3.22. The van der Waals surface area contributed by atoms with Gasteiger partial charge in [0.1, 0.15) is 0 Å². The number of rotatable bonds is 2. The van der Waals surface area contributed by atoms with Gasteiger partial charge in [-0.05, 0) is 54.9 Å². The van der Waals surface area contributed by atoms with Gasteiger partial charge >= 0.3 is 11.9 Å². The zero-order valence-electron chi connectivity index (χ0n) is 13.9. The molecule has 1 saturated carbocycles. The van der Waals surface area contributed by atoms with Crippen molar-refractivity contribution in [1.82, 2.24) is 9.97 Å². The number of fused-ring (bicyclic) bond motifs is 4. The number of hydrogen-bond acceptors (Lipinski definition) is 3. The molecule has 2 bridgehead atoms. The Morgan fingerprint density at radius 1 is 1.30 bits per heavy atom. The van der Waals surface area contributed by atoms with Crippen LogP contribution in [-0.4, -0.2) is 15.9 Å². The average molecular weight is 398 g/mol. The summed E-state index contributed by atoms with van der Waals surface area (Å²) in [6.07, 6.45) is -0.748. The van der Waals surface area contributed by atoms with Crippen LogP contribution in [0.3, 0.4) is 0 Å². The summed E-state index contributed by atoms with van der Waals surface area (Å²) in [6.45, 7) is 0. The monoisotopic (exact) mass is 397 g/mol. The SMILES string of the molecule is O=C(Nc1ccc(C(F)(F)F)c(Cl)c1)C1C2CCC1c1c[nH]c(=O)nc1C2. The van der Waals surface area contributed by atoms with Gasteiger partial charge in [0, 0.05) is 17.8 Å². The first-order valence-corrected chi connectivity index (χ1v) is 8.88. The quantitative estimate of drug-likeness (QED) is 0.810. The molecular formula is C18H15ClF3N3O2. The Hall–Kier alpha value is -2.35. The molecule has 2 aliphatic carbocycles. The lowest BCUT2D eigenvalue weighted by atomic mass is 9.76. The van der Waals surface area contributed by atoms with Crippen LogP contribution < -0.4 is 11.0 Å². The van der Waals surface area contributed by atoms with E-state index in [2.05, 4.69) is 15.3 Å². The summed E-state index contributed by atoms with van der Waals surface area (Å²) >= 11 is 5.72. The predicted octanol–water partition coefficient (Wildman–Crippen LogP) is 3.75. The number of nitrogens with zero attached hydrogens (tertiary/aromatic N) is 1. The molecule has 0 spiro atoms. The van der Waals surface area contributed by atoms with Gasteiger partial charge in [0.2, 0.25) is 5.91 Å². The van der Waals surface area contributed by atoms with Crippen LogP contribution in [0, 0.1) is 11.8 Å². The molecule has 27 heavy (non-hydrogen) atoms. The van der Waals surface area contributed by atoms with Crippen LogP contribution in [0.1, 0.15) is 35.6 Å². The Balaban J connectivity index is 1.57. The maximum Gasteiger partial charge on any atom is 0.417 e. The highest BCUT2D eigenvalue weighted by Crippen LogP contribution is 2.50. The number of carbonyl (C=O) groups is 1. The lowest BCUT2D eigenvalue weighted by Crippen LogP contribution is -2.35. The summed E-state index contributed by atoms with van der Waals surface area (Å²) < 4.78 is 38.4. The lowest BCUT2D eigenvalue weighted by Gasteiger charge is -2.30. The molecule has 1 heterocycles. The summed E-state index contributed by atoms with van der Waals surface area (Å²) in [5, 5.41) is 2.23. The fraction of sp³-hybridized carbons (Fsp3) is 0.389. The van der Waals surface area contributed by atoms with Crippen LogP contribution in [0.5, 0.6) is 0 Å². The van der Waals surface area contributed by atoms with E-state index in [1.54, 1.807) is 6.20 Å². The maximum absolute atomic E-state index is 12.8. The second-order valence-corrected chi connectivity index (χ2v) is 7.37. The minimum atomic E-state index is -4.55. The number of halogens is 4. The van der Waals surface area contributed by atoms with Crippen molar-refractivity contribution in [2.45, 2.75) is 31.4 Å². The normalized spacial score (nSPS) is 23.8. The lowest BCUT2D eigenvalue weighted by molar-refractivity contribution is -0.137. The molecule has 9 heteroatoms. The molecule has 2 N–H and O–H groups in total. The van der Waals surface area contributed by atoms with E-state index < -0.39 is 22.5 Å². The largest absolute Gasteiger partial charge is 0.417 e. The van der Waals surface area contributed by atoms with Crippen molar-refractivity contribution >= 4 is 23.2 Å². The maximum atomic E-state index is 12.8. The highest BCUT2D eigenvalue weighted by Gasteiger charge is 2.46. The van der Waals surface area contributed by atoms with Gasteiger partial charge < -0.3 is 10.3 Å². The van der Waals surface area contributed by atoms with Crippen molar-refractivity contribution < 1.29 is 18.0 Å². The van der Waals surface area contributed by atoms with Gasteiger partial charge in [-0.1, -0.05) is 11.6 Å². The molecule has 2 aromatic rings. The molecule has 3 unspecified atom stereocenters. The van der Waals surface area contributed by atoms with E-state index in [4.69, 9.17) is 11.6 Å². The average Bonchev–Trinajstić information content (AvgIpc) is 2.89. The molecule has 0 saturated heterocycles. The summed E-state index contributed by atoms with van der Waals surface area (Å²) in [5.41, 5.74) is 0.476. The summed E-state index contributed by atoms with van der Waals surface area (Å²) in [6, 6.07) is 3.17. The van der Waals surface area contributed by atoms with Crippen molar-refractivity contribution in [3.8, 4) is 0 Å². The first-order valence-electron chi connectivity index (χ1n) is 8.50. The highest BCUT2D eigenvalue weighted by atomic mass is 35.5. The van der Waals surface area contributed by atoms with Gasteiger partial charge in [0.05, 0.1) is 16.3 Å². The highest BCUT2D eigenvalue weighted by molar-refractivity contribution is 6.31. The van der Waals surface area contributed by atoms with E-state index in [0.717, 1.165) is 36.2 Å². The molecule has 1 aromatic carbocycles. The molecule has 0 radical (unpaired) electrons. The van der Waals surface area contributed by atoms with Crippen LogP contribution in [0.15, 0.2) is 29.2 Å². The molecule has 2 aliphatic rings. The molecule has 0 aliphatic heterocycles. The molecule has 1 fully saturated rings. The zero-order chi connectivity index (χ0) is 19.3. The molecule has 1 aromatic heterocycles. The number of hydrogen-bond donors (Lipinski definition) is 2. The Bertz CT molecular complexity index is 973. The Labute approximate surface area is 157 Å². The zero-order valence-corrected chi connectivity index (χ0v) is 14.7. The van der Waals surface area contributed by atoms with E-state index >= 15 is 0 Å². The summed E-state index contributed by atoms with van der Waals surface area (Å²) in [7, 11) is 0. The Morgan fingerprint density at radius 3 is 2.78 bits per heavy atom. The molecule has 3 atom stereocenters. The van der Waals surface area contributed by atoms with E-state index in [1.165, 1.54) is 6.07 Å². The predicted molar refractivity (Wildman–Crippen MR) is 92.6 cm³/mol. The second-order valence-electron chi connectivity index (χ2n) is 6.96. The number of aromatic nitrogens is 2. The number of amides is 1. The van der Waals surface area contributed by atoms with E-state index in [-0.39, 0.29) is 29.3 Å². The smallest absolute Gasteiger partial charge is 0.326 e. The van der Waals surface area contributed by atoms with Gasteiger partial charge in [0.25, 0.3) is 0 Å². The number of H-pyrrole nitrogens is 1. The van der Waals surface area contributed by atoms with Crippen molar-refractivity contribution in [3.63, 3.8) is 0 Å². The molecule has 1 amide bonds. The number of alkyl halides is 3. The Kier molecular flexibility index (Phi) is 4.25. The van der Waals surface area contributed by atoms with Gasteiger partial charge in [-0.25, -0.2) is 4.79 Å². The third-order valence-electron chi connectivity index (χ3n) is 5.41. The topological polar surface area (TPSA) is 74.8 Å². The van der Waals surface area contributed by atoms with Crippen LogP contribution in [0.4, 0.5) is 18.9 Å². The van der Waals surface area contributed by atoms with E-state index in [0.29, 0.717) is 6.42 Å². The number of aromatic amines is 1. The first kappa shape index (κ1) is 18.0. The minimum Gasteiger partial charge on any atom is -0.326 e. The molecule has 4 rings (SSSR count). The summed E-state index contributed by atoms with van der Waals surface area (Å²) in [4.78, 5) is 30.8. The minimum absolute atomic E-state index is 0.0571. The van der Waals surface area contributed by atoms with Crippen molar-refractivity contribution in [1.29, 1.82) is 0 Å². The van der Waals surface area contributed by atoms with Crippen LogP contribution >= 0.6 is 11.6 Å². The number of anilines is 1. The van der Waals surface area contributed by atoms with Crippen molar-refractivity contribution in [3.05, 3.63) is 56.7 Å². The van der Waals surface area contributed by atoms with Crippen LogP contribution in [-0.2, 0) is 17.4 Å². The Morgan fingerprint density at radius 2 is 2.07 bits per heavy atom. The number of benzene rings is 1. The number of nitrogens with one attached hydrogen (secondary N) is 2. The van der Waals surface area contributed by atoms with Gasteiger partial charge in [0.15, 0.2) is 0 Å². The van der Waals surface area contributed by atoms with Gasteiger partial charge in [-0.15, -0.1) is 0 Å². The fourth-order valence-electron chi connectivity index (χ4n) is 4.28. The van der Waals surface area contributed by atoms with Crippen LogP contribution in [0.2, 0.25) is 5.02 Å². The third-order valence-corrected chi connectivity index (χ3v) is 5.72. The molecular weight excluding hydrogens is 383 g/mol. The summed E-state index contributed by atoms with van der Waals surface area (Å²) in [5.74, 6) is -0.573. The first-order chi connectivity index (χ1) is 12.7. The molecule has 5 nitrogen and oxygen atoms in total. The second kappa shape index (κ2) is 6.37. The van der Waals surface area contributed by atoms with E-state index in [9.17, 15) is 22.8 Å². The number of carbonyl (C=O) groups excluding carboxylic acids is 1. The fourth-order valence-corrected chi connectivity index (χ4v) is 4.57. The van der Waals surface area contributed by atoms with Gasteiger partial charge in [-0.2, -0.15) is 18.2 Å². The molecule has 142 valence electrons. The van der Waals surface area contributed by atoms with Crippen LogP contribution in [0.25, 0.3) is 0 Å².